The van der Waals surface area contributed by atoms with E-state index in [2.05, 4.69) is 0 Å². The molecule has 0 unspecified atom stereocenters. The Balaban J connectivity index is 1.64. The Bertz CT molecular complexity index is 664. The summed E-state index contributed by atoms with van der Waals surface area (Å²) in [6.45, 7) is 1.26. The van der Waals surface area contributed by atoms with Crippen molar-refractivity contribution in [3.05, 3.63) is 69.1 Å². The number of aromatic nitrogens is 1. The van der Waals surface area contributed by atoms with E-state index >= 15 is 0 Å². The molecule has 0 saturated heterocycles. The van der Waals surface area contributed by atoms with Crippen LogP contribution < -0.4 is 10.3 Å². The summed E-state index contributed by atoms with van der Waals surface area (Å²) in [5, 5.41) is 10.5. The molecule has 1 aromatic carbocycles. The third-order valence-electron chi connectivity index (χ3n) is 3.26. The van der Waals surface area contributed by atoms with Gasteiger partial charge in [0.25, 0.3) is 5.69 Å². The Morgan fingerprint density at radius 3 is 2.50 bits per heavy atom. The fraction of sp³-hybridized carbons (Fsp3) is 0.312. The number of pyridine rings is 1. The first-order valence-electron chi connectivity index (χ1n) is 7.19. The number of benzene rings is 1. The van der Waals surface area contributed by atoms with Crippen molar-refractivity contribution >= 4 is 5.69 Å². The van der Waals surface area contributed by atoms with Gasteiger partial charge in [-0.15, -0.1) is 0 Å². The van der Waals surface area contributed by atoms with Gasteiger partial charge in [-0.1, -0.05) is 6.07 Å². The summed E-state index contributed by atoms with van der Waals surface area (Å²) < 4.78 is 7.22. The number of unbranched alkanes of at least 4 members (excludes halogenated alkanes) is 2. The normalized spacial score (nSPS) is 10.4. The lowest BCUT2D eigenvalue weighted by molar-refractivity contribution is -0.384. The number of hydrogen-bond acceptors (Lipinski definition) is 4. The Morgan fingerprint density at radius 2 is 1.82 bits per heavy atom. The van der Waals surface area contributed by atoms with Crippen LogP contribution in [0.5, 0.6) is 5.75 Å². The summed E-state index contributed by atoms with van der Waals surface area (Å²) in [5.74, 6) is 0.630. The molecule has 0 aliphatic rings. The maximum atomic E-state index is 11.5. The van der Waals surface area contributed by atoms with E-state index in [0.717, 1.165) is 19.3 Å². The van der Waals surface area contributed by atoms with Gasteiger partial charge >= 0.3 is 0 Å². The van der Waals surface area contributed by atoms with Crippen molar-refractivity contribution in [2.75, 3.05) is 6.61 Å². The van der Waals surface area contributed by atoms with Gasteiger partial charge in [0, 0.05) is 30.9 Å². The Labute approximate surface area is 128 Å². The summed E-state index contributed by atoms with van der Waals surface area (Å²) >= 11 is 0. The summed E-state index contributed by atoms with van der Waals surface area (Å²) in [6.07, 6.45) is 4.52. The molecule has 0 N–H and O–H groups in total. The van der Waals surface area contributed by atoms with Gasteiger partial charge in [0.2, 0.25) is 5.56 Å². The van der Waals surface area contributed by atoms with Gasteiger partial charge in [0.1, 0.15) is 5.75 Å². The zero-order valence-corrected chi connectivity index (χ0v) is 12.2. The second kappa shape index (κ2) is 7.97. The SMILES string of the molecule is O=c1ccccn1CCCCCOc1ccc([N+](=O)[O-])cc1. The van der Waals surface area contributed by atoms with E-state index < -0.39 is 4.92 Å². The minimum Gasteiger partial charge on any atom is -0.494 e. The first-order valence-corrected chi connectivity index (χ1v) is 7.19. The second-order valence-electron chi connectivity index (χ2n) is 4.89. The van der Waals surface area contributed by atoms with Gasteiger partial charge in [-0.2, -0.15) is 0 Å². The molecule has 0 aliphatic carbocycles. The number of ether oxygens (including phenoxy) is 1. The molecule has 116 valence electrons. The lowest BCUT2D eigenvalue weighted by Gasteiger charge is -2.07. The molecule has 2 rings (SSSR count). The van der Waals surface area contributed by atoms with Crippen LogP contribution in [0.3, 0.4) is 0 Å². The molecule has 1 aromatic heterocycles. The molecule has 2 aromatic rings. The Morgan fingerprint density at radius 1 is 1.05 bits per heavy atom. The van der Waals surface area contributed by atoms with Crippen molar-refractivity contribution in [1.29, 1.82) is 0 Å². The molecule has 0 amide bonds. The van der Waals surface area contributed by atoms with E-state index in [4.69, 9.17) is 4.74 Å². The maximum Gasteiger partial charge on any atom is 0.269 e. The Hall–Kier alpha value is -2.63. The predicted molar refractivity (Wildman–Crippen MR) is 83.1 cm³/mol. The standard InChI is InChI=1S/C16H18N2O4/c19-16-6-2-4-12-17(16)11-3-1-5-13-22-15-9-7-14(8-10-15)18(20)21/h2,4,6-10,12H,1,3,5,11,13H2. The van der Waals surface area contributed by atoms with Crippen LogP contribution >= 0.6 is 0 Å². The van der Waals surface area contributed by atoms with Crippen LogP contribution in [-0.2, 0) is 6.54 Å². The highest BCUT2D eigenvalue weighted by Crippen LogP contribution is 2.17. The van der Waals surface area contributed by atoms with Crippen LogP contribution in [-0.4, -0.2) is 16.1 Å². The van der Waals surface area contributed by atoms with E-state index in [-0.39, 0.29) is 11.2 Å². The second-order valence-corrected chi connectivity index (χ2v) is 4.89. The van der Waals surface area contributed by atoms with Crippen LogP contribution in [0.1, 0.15) is 19.3 Å². The fourth-order valence-electron chi connectivity index (χ4n) is 2.06. The van der Waals surface area contributed by atoms with Gasteiger partial charge in [-0.3, -0.25) is 14.9 Å². The monoisotopic (exact) mass is 302 g/mol. The van der Waals surface area contributed by atoms with Crippen LogP contribution in [0.2, 0.25) is 0 Å². The highest BCUT2D eigenvalue weighted by Gasteiger charge is 2.04. The molecule has 0 fully saturated rings. The predicted octanol–water partition coefficient (Wildman–Crippen LogP) is 3.01. The molecule has 0 aliphatic heterocycles. The lowest BCUT2D eigenvalue weighted by atomic mass is 10.2. The molecular formula is C16H18N2O4. The minimum atomic E-state index is -0.435. The first-order chi connectivity index (χ1) is 10.7. The quantitative estimate of drug-likeness (QED) is 0.427. The van der Waals surface area contributed by atoms with E-state index in [1.807, 2.05) is 6.07 Å². The van der Waals surface area contributed by atoms with Gasteiger partial charge in [-0.25, -0.2) is 0 Å². The molecule has 0 bridgehead atoms. The van der Waals surface area contributed by atoms with Crippen molar-refractivity contribution in [1.82, 2.24) is 4.57 Å². The molecule has 0 spiro atoms. The first kappa shape index (κ1) is 15.8. The summed E-state index contributed by atoms with van der Waals surface area (Å²) in [6, 6.07) is 11.2. The number of non-ortho nitro benzene ring substituents is 1. The van der Waals surface area contributed by atoms with Gasteiger partial charge in [-0.05, 0) is 37.5 Å². The summed E-state index contributed by atoms with van der Waals surface area (Å²) in [5.41, 5.74) is 0.0743. The molecule has 6 nitrogen and oxygen atoms in total. The molecule has 1 heterocycles. The number of nitrogens with zero attached hydrogens (tertiary/aromatic N) is 2. The molecular weight excluding hydrogens is 284 g/mol. The van der Waals surface area contributed by atoms with Crippen molar-refractivity contribution in [2.45, 2.75) is 25.8 Å². The molecule has 6 heteroatoms. The van der Waals surface area contributed by atoms with Gasteiger partial charge in [0.05, 0.1) is 11.5 Å². The van der Waals surface area contributed by atoms with Crippen molar-refractivity contribution in [2.24, 2.45) is 0 Å². The maximum absolute atomic E-state index is 11.5. The van der Waals surface area contributed by atoms with Crippen LogP contribution in [0.25, 0.3) is 0 Å². The van der Waals surface area contributed by atoms with E-state index in [9.17, 15) is 14.9 Å². The summed E-state index contributed by atoms with van der Waals surface area (Å²) in [7, 11) is 0. The van der Waals surface area contributed by atoms with Crippen molar-refractivity contribution in [3.8, 4) is 5.75 Å². The van der Waals surface area contributed by atoms with E-state index in [1.54, 1.807) is 35.0 Å². The number of nitro benzene ring substituents is 1. The molecule has 0 radical (unpaired) electrons. The highest BCUT2D eigenvalue weighted by atomic mass is 16.6. The van der Waals surface area contributed by atoms with Crippen LogP contribution in [0.4, 0.5) is 5.69 Å². The molecule has 22 heavy (non-hydrogen) atoms. The zero-order chi connectivity index (χ0) is 15.8. The lowest BCUT2D eigenvalue weighted by Crippen LogP contribution is -2.17. The van der Waals surface area contributed by atoms with E-state index in [1.165, 1.54) is 12.1 Å². The van der Waals surface area contributed by atoms with Crippen LogP contribution in [0, 0.1) is 10.1 Å². The highest BCUT2D eigenvalue weighted by molar-refractivity contribution is 5.35. The minimum absolute atomic E-state index is 0.0182. The Kier molecular flexibility index (Phi) is 5.71. The summed E-state index contributed by atoms with van der Waals surface area (Å²) in [4.78, 5) is 21.6. The molecule has 0 atom stereocenters. The van der Waals surface area contributed by atoms with Crippen molar-refractivity contribution in [3.63, 3.8) is 0 Å². The third-order valence-corrected chi connectivity index (χ3v) is 3.26. The smallest absolute Gasteiger partial charge is 0.269 e. The topological polar surface area (TPSA) is 74.4 Å². The number of aryl methyl sites for hydroxylation is 1. The van der Waals surface area contributed by atoms with Gasteiger partial charge < -0.3 is 9.30 Å². The average molecular weight is 302 g/mol. The van der Waals surface area contributed by atoms with Gasteiger partial charge in [0.15, 0.2) is 0 Å². The zero-order valence-electron chi connectivity index (χ0n) is 12.2. The van der Waals surface area contributed by atoms with Crippen molar-refractivity contribution < 1.29 is 9.66 Å². The third kappa shape index (κ3) is 4.73. The average Bonchev–Trinajstić information content (AvgIpc) is 2.53. The number of rotatable bonds is 8. The number of nitro groups is 1. The van der Waals surface area contributed by atoms with E-state index in [0.29, 0.717) is 18.9 Å². The largest absolute Gasteiger partial charge is 0.494 e. The number of hydrogen-bond donors (Lipinski definition) is 0. The molecule has 0 saturated carbocycles. The fourth-order valence-corrected chi connectivity index (χ4v) is 2.06. The van der Waals surface area contributed by atoms with Crippen LogP contribution in [0.15, 0.2) is 53.5 Å².